The first-order chi connectivity index (χ1) is 9.15. The smallest absolute Gasteiger partial charge is 0.219 e. The Morgan fingerprint density at radius 1 is 1.42 bits per heavy atom. The predicted octanol–water partition coefficient (Wildman–Crippen LogP) is 0.739. The number of amides is 1. The van der Waals surface area contributed by atoms with Crippen LogP contribution < -0.4 is 4.90 Å². The Labute approximate surface area is 116 Å². The third-order valence-electron chi connectivity index (χ3n) is 3.07. The van der Waals surface area contributed by atoms with Crippen molar-refractivity contribution in [1.29, 1.82) is 5.26 Å². The van der Waals surface area contributed by atoms with Crippen molar-refractivity contribution >= 4 is 23.5 Å². The number of rotatable bonds is 2. The molecule has 7 heteroatoms. The van der Waals surface area contributed by atoms with Gasteiger partial charge in [-0.2, -0.15) is 5.26 Å². The third kappa shape index (κ3) is 2.96. The standard InChI is InChI=1S/C12H15N5OS/c1-9(18)16-3-5-17(6-4-16)11-10(7-13)8-14-12(15-11)19-2/h8H,3-6H2,1-2H3. The van der Waals surface area contributed by atoms with Crippen LogP contribution in [0.5, 0.6) is 0 Å². The number of nitriles is 1. The molecule has 0 aromatic carbocycles. The van der Waals surface area contributed by atoms with E-state index in [0.29, 0.717) is 42.7 Å². The van der Waals surface area contributed by atoms with Crippen LogP contribution in [0.3, 0.4) is 0 Å². The van der Waals surface area contributed by atoms with Gasteiger partial charge in [0.1, 0.15) is 11.6 Å². The molecule has 1 amide bonds. The minimum absolute atomic E-state index is 0.0904. The van der Waals surface area contributed by atoms with Crippen molar-refractivity contribution in [2.75, 3.05) is 37.3 Å². The summed E-state index contributed by atoms with van der Waals surface area (Å²) in [7, 11) is 0. The number of hydrogen-bond acceptors (Lipinski definition) is 6. The number of carbonyl (C=O) groups excluding carboxylic acids is 1. The first-order valence-corrected chi connectivity index (χ1v) is 7.19. The molecule has 1 aromatic heterocycles. The molecule has 2 heterocycles. The lowest BCUT2D eigenvalue weighted by Crippen LogP contribution is -2.48. The van der Waals surface area contributed by atoms with E-state index in [1.807, 2.05) is 11.2 Å². The molecule has 19 heavy (non-hydrogen) atoms. The zero-order valence-corrected chi connectivity index (χ0v) is 11.8. The summed E-state index contributed by atoms with van der Waals surface area (Å²) in [6.07, 6.45) is 3.46. The van der Waals surface area contributed by atoms with Gasteiger partial charge in [-0.3, -0.25) is 4.79 Å². The van der Waals surface area contributed by atoms with Crippen LogP contribution in [0.2, 0.25) is 0 Å². The molecular formula is C12H15N5OS. The molecule has 2 rings (SSSR count). The van der Waals surface area contributed by atoms with Gasteiger partial charge in [-0.25, -0.2) is 9.97 Å². The van der Waals surface area contributed by atoms with Crippen molar-refractivity contribution in [3.8, 4) is 6.07 Å². The lowest BCUT2D eigenvalue weighted by Gasteiger charge is -2.35. The SMILES string of the molecule is CSc1ncc(C#N)c(N2CCN(C(C)=O)CC2)n1. The maximum absolute atomic E-state index is 11.3. The third-order valence-corrected chi connectivity index (χ3v) is 3.64. The summed E-state index contributed by atoms with van der Waals surface area (Å²) in [6, 6.07) is 2.12. The normalized spacial score (nSPS) is 15.2. The summed E-state index contributed by atoms with van der Waals surface area (Å²) in [6.45, 7) is 4.29. The van der Waals surface area contributed by atoms with Gasteiger partial charge in [0.2, 0.25) is 5.91 Å². The van der Waals surface area contributed by atoms with Gasteiger partial charge in [0.15, 0.2) is 11.0 Å². The van der Waals surface area contributed by atoms with Crippen LogP contribution >= 0.6 is 11.8 Å². The average Bonchev–Trinajstić information content (AvgIpc) is 2.46. The summed E-state index contributed by atoms with van der Waals surface area (Å²) >= 11 is 1.45. The van der Waals surface area contributed by atoms with E-state index in [9.17, 15) is 4.79 Å². The van der Waals surface area contributed by atoms with E-state index in [1.54, 1.807) is 18.0 Å². The van der Waals surface area contributed by atoms with E-state index in [0.717, 1.165) is 0 Å². The lowest BCUT2D eigenvalue weighted by molar-refractivity contribution is -0.129. The van der Waals surface area contributed by atoms with E-state index in [4.69, 9.17) is 5.26 Å². The van der Waals surface area contributed by atoms with Crippen molar-refractivity contribution in [3.63, 3.8) is 0 Å². The quantitative estimate of drug-likeness (QED) is 0.586. The Bertz CT molecular complexity index is 519. The fourth-order valence-corrected chi connectivity index (χ4v) is 2.34. The van der Waals surface area contributed by atoms with E-state index < -0.39 is 0 Å². The van der Waals surface area contributed by atoms with Crippen molar-refractivity contribution in [3.05, 3.63) is 11.8 Å². The van der Waals surface area contributed by atoms with Crippen LogP contribution in [-0.2, 0) is 4.79 Å². The molecule has 0 atom stereocenters. The number of aromatic nitrogens is 2. The van der Waals surface area contributed by atoms with E-state index in [1.165, 1.54) is 11.8 Å². The van der Waals surface area contributed by atoms with E-state index >= 15 is 0 Å². The molecule has 1 saturated heterocycles. The Hall–Kier alpha value is -1.81. The molecule has 0 unspecified atom stereocenters. The minimum atomic E-state index is 0.0904. The monoisotopic (exact) mass is 277 g/mol. The molecule has 1 aromatic rings. The van der Waals surface area contributed by atoms with Crippen LogP contribution in [-0.4, -0.2) is 53.2 Å². The Morgan fingerprint density at radius 2 is 2.11 bits per heavy atom. The van der Waals surface area contributed by atoms with Crippen LogP contribution in [0.4, 0.5) is 5.82 Å². The number of hydrogen-bond donors (Lipinski definition) is 0. The van der Waals surface area contributed by atoms with Crippen LogP contribution in [0.25, 0.3) is 0 Å². The van der Waals surface area contributed by atoms with Gasteiger partial charge in [-0.05, 0) is 6.26 Å². The molecule has 0 saturated carbocycles. The number of nitrogens with zero attached hydrogens (tertiary/aromatic N) is 5. The largest absolute Gasteiger partial charge is 0.352 e. The zero-order chi connectivity index (χ0) is 13.8. The summed E-state index contributed by atoms with van der Waals surface area (Å²) in [4.78, 5) is 23.6. The molecule has 0 aliphatic carbocycles. The molecule has 0 spiro atoms. The highest BCUT2D eigenvalue weighted by Gasteiger charge is 2.22. The molecule has 0 bridgehead atoms. The Morgan fingerprint density at radius 3 is 2.63 bits per heavy atom. The van der Waals surface area contributed by atoms with Crippen molar-refractivity contribution in [2.24, 2.45) is 0 Å². The Kier molecular flexibility index (Phi) is 4.22. The van der Waals surface area contributed by atoms with Gasteiger partial charge >= 0.3 is 0 Å². The van der Waals surface area contributed by atoms with E-state index in [-0.39, 0.29) is 5.91 Å². The second-order valence-electron chi connectivity index (χ2n) is 4.20. The fraction of sp³-hybridized carbons (Fsp3) is 0.500. The molecule has 1 fully saturated rings. The Balaban J connectivity index is 2.19. The van der Waals surface area contributed by atoms with Crippen molar-refractivity contribution in [1.82, 2.24) is 14.9 Å². The van der Waals surface area contributed by atoms with E-state index in [2.05, 4.69) is 16.0 Å². The molecule has 1 aliphatic rings. The first-order valence-electron chi connectivity index (χ1n) is 5.97. The van der Waals surface area contributed by atoms with Gasteiger partial charge in [-0.1, -0.05) is 11.8 Å². The zero-order valence-electron chi connectivity index (χ0n) is 11.0. The summed E-state index contributed by atoms with van der Waals surface area (Å²) in [5, 5.41) is 9.78. The number of thioether (sulfide) groups is 1. The van der Waals surface area contributed by atoms with Crippen molar-refractivity contribution in [2.45, 2.75) is 12.1 Å². The van der Waals surface area contributed by atoms with Gasteiger partial charge in [0.05, 0.1) is 6.20 Å². The van der Waals surface area contributed by atoms with Gasteiger partial charge < -0.3 is 9.80 Å². The second-order valence-corrected chi connectivity index (χ2v) is 4.97. The van der Waals surface area contributed by atoms with Gasteiger partial charge in [0.25, 0.3) is 0 Å². The van der Waals surface area contributed by atoms with Crippen molar-refractivity contribution < 1.29 is 4.79 Å². The molecule has 0 radical (unpaired) electrons. The maximum Gasteiger partial charge on any atom is 0.219 e. The summed E-state index contributed by atoms with van der Waals surface area (Å²) in [5.74, 6) is 0.762. The lowest BCUT2D eigenvalue weighted by atomic mass is 10.2. The molecule has 100 valence electrons. The van der Waals surface area contributed by atoms with Crippen LogP contribution in [0.1, 0.15) is 12.5 Å². The second kappa shape index (κ2) is 5.89. The van der Waals surface area contributed by atoms with Crippen LogP contribution in [0, 0.1) is 11.3 Å². The summed E-state index contributed by atoms with van der Waals surface area (Å²) in [5.41, 5.74) is 0.481. The van der Waals surface area contributed by atoms with Crippen LogP contribution in [0.15, 0.2) is 11.4 Å². The highest BCUT2D eigenvalue weighted by Crippen LogP contribution is 2.21. The minimum Gasteiger partial charge on any atom is -0.352 e. The number of piperazine rings is 1. The predicted molar refractivity (Wildman–Crippen MR) is 73.0 cm³/mol. The fourth-order valence-electron chi connectivity index (χ4n) is 2.01. The highest BCUT2D eigenvalue weighted by atomic mass is 32.2. The molecule has 0 N–H and O–H groups in total. The number of carbonyl (C=O) groups is 1. The summed E-state index contributed by atoms with van der Waals surface area (Å²) < 4.78 is 0. The topological polar surface area (TPSA) is 73.1 Å². The van der Waals surface area contributed by atoms with Gasteiger partial charge in [0, 0.05) is 33.1 Å². The first kappa shape index (κ1) is 13.6. The molecule has 6 nitrogen and oxygen atoms in total. The molecular weight excluding hydrogens is 262 g/mol. The average molecular weight is 277 g/mol. The number of anilines is 1. The highest BCUT2D eigenvalue weighted by molar-refractivity contribution is 7.98. The molecule has 1 aliphatic heterocycles. The maximum atomic E-state index is 11.3. The van der Waals surface area contributed by atoms with Gasteiger partial charge in [-0.15, -0.1) is 0 Å².